The third-order valence-corrected chi connectivity index (χ3v) is 12.5. The molecule has 304 valence electrons. The van der Waals surface area contributed by atoms with Gasteiger partial charge in [-0.3, -0.25) is 0 Å². The first kappa shape index (κ1) is 40.3. The molecule has 8 aromatic carbocycles. The van der Waals surface area contributed by atoms with Crippen LogP contribution < -0.4 is 10.2 Å². The van der Waals surface area contributed by atoms with Crippen molar-refractivity contribution in [1.82, 2.24) is 0 Å². The van der Waals surface area contributed by atoms with Crippen molar-refractivity contribution in [2.24, 2.45) is 0 Å². The summed E-state index contributed by atoms with van der Waals surface area (Å²) in [5.41, 5.74) is 22.9. The molecule has 62 heavy (non-hydrogen) atoms. The summed E-state index contributed by atoms with van der Waals surface area (Å²) in [6.45, 7) is 13.2. The first-order valence-electron chi connectivity index (χ1n) is 21.8. The Morgan fingerprint density at radius 2 is 0.806 bits per heavy atom. The lowest BCUT2D eigenvalue weighted by molar-refractivity contribution is 0.618. The molecule has 0 aliphatic heterocycles. The minimum absolute atomic E-state index is 0.390. The van der Waals surface area contributed by atoms with E-state index >= 15 is 0 Å². The second kappa shape index (κ2) is 17.1. The number of hydrogen-bond acceptors (Lipinski definition) is 2. The van der Waals surface area contributed by atoms with E-state index < -0.39 is 5.54 Å². The molecule has 0 aromatic heterocycles. The topological polar surface area (TPSA) is 15.3 Å². The van der Waals surface area contributed by atoms with Gasteiger partial charge in [-0.2, -0.15) is 0 Å². The zero-order chi connectivity index (χ0) is 42.8. The van der Waals surface area contributed by atoms with E-state index in [0.29, 0.717) is 0 Å². The Hall–Kier alpha value is -7.16. The predicted molar refractivity (Wildman–Crippen MR) is 266 cm³/mol. The predicted octanol–water partition coefficient (Wildman–Crippen LogP) is 16.4. The molecule has 0 amide bonds. The second-order valence-corrected chi connectivity index (χ2v) is 17.1. The van der Waals surface area contributed by atoms with Crippen LogP contribution in [0.1, 0.15) is 50.9 Å². The number of anilines is 4. The van der Waals surface area contributed by atoms with E-state index in [4.69, 9.17) is 0 Å². The summed E-state index contributed by atoms with van der Waals surface area (Å²) in [7, 11) is 0. The van der Waals surface area contributed by atoms with Gasteiger partial charge >= 0.3 is 0 Å². The van der Waals surface area contributed by atoms with Gasteiger partial charge in [0.25, 0.3) is 0 Å². The lowest BCUT2D eigenvalue weighted by Crippen LogP contribution is -2.34. The summed E-state index contributed by atoms with van der Waals surface area (Å²) in [5, 5.41) is 4.05. The molecule has 2 nitrogen and oxygen atoms in total. The molecular weight excluding hydrogens is 749 g/mol. The van der Waals surface area contributed by atoms with Crippen molar-refractivity contribution in [1.29, 1.82) is 0 Å². The van der Waals surface area contributed by atoms with Gasteiger partial charge in [-0.15, -0.1) is 0 Å². The molecular formula is C60H54N2. The van der Waals surface area contributed by atoms with Gasteiger partial charge in [0.2, 0.25) is 0 Å². The monoisotopic (exact) mass is 802 g/mol. The first-order valence-corrected chi connectivity index (χ1v) is 21.8. The average Bonchev–Trinajstić information content (AvgIpc) is 3.30. The number of nitrogens with zero attached hydrogens (tertiary/aromatic N) is 1. The Kier molecular flexibility index (Phi) is 11.1. The second-order valence-electron chi connectivity index (χ2n) is 17.1. The Morgan fingerprint density at radius 1 is 0.419 bits per heavy atom. The fraction of sp³-hybridized carbons (Fsp3) is 0.133. The third kappa shape index (κ3) is 8.17. The summed E-state index contributed by atoms with van der Waals surface area (Å²) in [5.74, 6) is 0. The molecule has 0 spiro atoms. The van der Waals surface area contributed by atoms with Crippen LogP contribution in [-0.4, -0.2) is 0 Å². The lowest BCUT2D eigenvalue weighted by atomic mass is 9.80. The molecule has 0 saturated heterocycles. The van der Waals surface area contributed by atoms with Crippen LogP contribution >= 0.6 is 0 Å². The van der Waals surface area contributed by atoms with Crippen molar-refractivity contribution in [3.63, 3.8) is 0 Å². The number of aryl methyl sites for hydroxylation is 6. The van der Waals surface area contributed by atoms with Gasteiger partial charge in [-0.25, -0.2) is 0 Å². The van der Waals surface area contributed by atoms with E-state index in [1.165, 1.54) is 94.8 Å². The van der Waals surface area contributed by atoms with E-state index in [1.54, 1.807) is 0 Å². The number of allylic oxidation sites excluding steroid dienone is 2. The highest BCUT2D eigenvalue weighted by atomic mass is 15.1. The van der Waals surface area contributed by atoms with Gasteiger partial charge in [-0.05, 0) is 145 Å². The summed E-state index contributed by atoms with van der Waals surface area (Å²) in [6.07, 6.45) is 7.91. The highest BCUT2D eigenvalue weighted by Gasteiger charge is 2.32. The van der Waals surface area contributed by atoms with Crippen LogP contribution in [0, 0.1) is 41.5 Å². The number of hydrogen-bond donors (Lipinski definition) is 1. The van der Waals surface area contributed by atoms with Crippen LogP contribution in [0.3, 0.4) is 0 Å². The van der Waals surface area contributed by atoms with Gasteiger partial charge in [0.15, 0.2) is 0 Å². The molecule has 1 atom stereocenters. The summed E-state index contributed by atoms with van der Waals surface area (Å²) in [4.78, 5) is 2.40. The van der Waals surface area contributed by atoms with Crippen LogP contribution in [0.15, 0.2) is 200 Å². The largest absolute Gasteiger partial charge is 0.371 e. The number of nitrogens with one attached hydrogen (secondary N) is 1. The minimum atomic E-state index is -0.390. The Bertz CT molecular complexity index is 2860. The summed E-state index contributed by atoms with van der Waals surface area (Å²) in [6, 6.07) is 66.5. The lowest BCUT2D eigenvalue weighted by Gasteiger charge is -2.36. The fourth-order valence-corrected chi connectivity index (χ4v) is 9.45. The van der Waals surface area contributed by atoms with Crippen LogP contribution in [0.2, 0.25) is 0 Å². The van der Waals surface area contributed by atoms with E-state index in [-0.39, 0.29) is 0 Å². The minimum Gasteiger partial charge on any atom is -0.371 e. The highest BCUT2D eigenvalue weighted by molar-refractivity contribution is 5.84. The van der Waals surface area contributed by atoms with Crippen molar-refractivity contribution in [3.05, 3.63) is 245 Å². The Morgan fingerprint density at radius 3 is 1.24 bits per heavy atom. The van der Waals surface area contributed by atoms with Crippen molar-refractivity contribution in [3.8, 4) is 33.4 Å². The first-order chi connectivity index (χ1) is 30.1. The SMILES string of the molecule is Cc1cc(C)c(NC2(c3ccc(-c4ccccc4)cc3)C=CC(c3ccc(-c4ccc(N(c5ccc(-c6ccccc6)cc5)c5c(C)cc(C)cc5C)cc4)cc3)=CC2)c(C)c1. The van der Waals surface area contributed by atoms with Crippen molar-refractivity contribution >= 4 is 28.3 Å². The molecule has 1 aliphatic carbocycles. The van der Waals surface area contributed by atoms with Gasteiger partial charge in [0.1, 0.15) is 0 Å². The van der Waals surface area contributed by atoms with Crippen LogP contribution in [0.25, 0.3) is 39.0 Å². The van der Waals surface area contributed by atoms with Crippen LogP contribution in [-0.2, 0) is 5.54 Å². The molecule has 1 aliphatic rings. The molecule has 1 unspecified atom stereocenters. The third-order valence-electron chi connectivity index (χ3n) is 12.5. The Labute approximate surface area is 368 Å². The maximum atomic E-state index is 4.05. The molecule has 0 saturated carbocycles. The van der Waals surface area contributed by atoms with E-state index in [2.05, 4.69) is 252 Å². The van der Waals surface area contributed by atoms with Gasteiger partial charge in [0, 0.05) is 17.1 Å². The molecule has 1 N–H and O–H groups in total. The van der Waals surface area contributed by atoms with Crippen molar-refractivity contribution in [2.75, 3.05) is 10.2 Å². The zero-order valence-corrected chi connectivity index (χ0v) is 36.7. The fourth-order valence-electron chi connectivity index (χ4n) is 9.45. The van der Waals surface area contributed by atoms with Crippen molar-refractivity contribution in [2.45, 2.75) is 53.5 Å². The smallest absolute Gasteiger partial charge is 0.0847 e. The van der Waals surface area contributed by atoms with Gasteiger partial charge in [0.05, 0.1) is 11.2 Å². The van der Waals surface area contributed by atoms with Crippen LogP contribution in [0.4, 0.5) is 22.7 Å². The highest BCUT2D eigenvalue weighted by Crippen LogP contribution is 2.42. The normalized spacial score (nSPS) is 14.6. The number of benzene rings is 8. The summed E-state index contributed by atoms with van der Waals surface area (Å²) < 4.78 is 0. The van der Waals surface area contributed by atoms with Gasteiger partial charge < -0.3 is 10.2 Å². The maximum Gasteiger partial charge on any atom is 0.0847 e. The molecule has 0 fully saturated rings. The van der Waals surface area contributed by atoms with Gasteiger partial charge in [-0.1, -0.05) is 187 Å². The number of rotatable bonds is 10. The van der Waals surface area contributed by atoms with E-state index in [1.807, 2.05) is 0 Å². The molecule has 8 aromatic rings. The molecule has 0 radical (unpaired) electrons. The summed E-state index contributed by atoms with van der Waals surface area (Å²) >= 11 is 0. The quantitative estimate of drug-likeness (QED) is 0.148. The average molecular weight is 803 g/mol. The molecule has 9 rings (SSSR count). The Balaban J connectivity index is 0.984. The molecule has 0 bridgehead atoms. The maximum absolute atomic E-state index is 4.05. The van der Waals surface area contributed by atoms with E-state index in [9.17, 15) is 0 Å². The molecule has 2 heteroatoms. The standard InChI is InChI=1S/C60H54N2/c1-41-37-43(3)58(44(4)38-41)61-60(55-27-21-51(22-28-55)47-13-9-7-10-14-47)35-33-54(34-36-60)50-19-17-49(18-20-50)53-25-31-57(32-26-53)62(59-45(5)39-42(2)40-46(59)6)56-29-23-52(24-30-56)48-15-11-8-12-16-48/h7-35,37-40,61H,36H2,1-6H3. The zero-order valence-electron chi connectivity index (χ0n) is 36.7. The van der Waals surface area contributed by atoms with Crippen molar-refractivity contribution < 1.29 is 0 Å². The molecule has 0 heterocycles. The van der Waals surface area contributed by atoms with Crippen LogP contribution in [0.5, 0.6) is 0 Å². The van der Waals surface area contributed by atoms with E-state index in [0.717, 1.165) is 17.8 Å².